The van der Waals surface area contributed by atoms with Crippen molar-refractivity contribution >= 4 is 24.0 Å². The van der Waals surface area contributed by atoms with E-state index >= 15 is 0 Å². The molecule has 1 unspecified atom stereocenters. The van der Waals surface area contributed by atoms with Gasteiger partial charge in [0.1, 0.15) is 0 Å². The standard InChI is InChI=1S/C17H20N2O2.ClH/c1-21-16(14-5-3-2-4-6-14)17(20)19-12-11-13-7-9-15(18)10-8-13;/h2-10,16H,11-12,18H2,1H3,(H,19,20);1H. The maximum absolute atomic E-state index is 12.2. The van der Waals surface area contributed by atoms with Crippen LogP contribution >= 0.6 is 12.4 Å². The zero-order valence-electron chi connectivity index (χ0n) is 12.5. The monoisotopic (exact) mass is 320 g/mol. The third-order valence-electron chi connectivity index (χ3n) is 3.27. The van der Waals surface area contributed by atoms with Gasteiger partial charge in [0, 0.05) is 19.3 Å². The molecule has 22 heavy (non-hydrogen) atoms. The summed E-state index contributed by atoms with van der Waals surface area (Å²) < 4.78 is 5.29. The Labute approximate surface area is 137 Å². The molecule has 0 aliphatic rings. The molecule has 0 saturated carbocycles. The lowest BCUT2D eigenvalue weighted by atomic mass is 10.1. The molecule has 1 atom stereocenters. The molecule has 0 aliphatic heterocycles. The second kappa shape index (κ2) is 9.07. The summed E-state index contributed by atoms with van der Waals surface area (Å²) in [7, 11) is 1.54. The van der Waals surface area contributed by atoms with E-state index in [1.807, 2.05) is 54.6 Å². The van der Waals surface area contributed by atoms with Gasteiger partial charge in [0.25, 0.3) is 5.91 Å². The summed E-state index contributed by atoms with van der Waals surface area (Å²) in [6.45, 7) is 0.565. The largest absolute Gasteiger partial charge is 0.399 e. The average Bonchev–Trinajstić information content (AvgIpc) is 2.51. The van der Waals surface area contributed by atoms with Crippen LogP contribution in [-0.4, -0.2) is 19.6 Å². The van der Waals surface area contributed by atoms with Crippen LogP contribution in [0.25, 0.3) is 0 Å². The van der Waals surface area contributed by atoms with Crippen LogP contribution < -0.4 is 11.1 Å². The maximum Gasteiger partial charge on any atom is 0.253 e. The van der Waals surface area contributed by atoms with Crippen molar-refractivity contribution in [3.05, 3.63) is 65.7 Å². The molecule has 0 saturated heterocycles. The summed E-state index contributed by atoms with van der Waals surface area (Å²) in [5, 5.41) is 2.90. The quantitative estimate of drug-likeness (QED) is 0.804. The van der Waals surface area contributed by atoms with Gasteiger partial charge in [-0.25, -0.2) is 0 Å². The van der Waals surface area contributed by atoms with Crippen molar-refractivity contribution in [1.29, 1.82) is 0 Å². The fourth-order valence-corrected chi connectivity index (χ4v) is 2.13. The predicted molar refractivity (Wildman–Crippen MR) is 91.0 cm³/mol. The Bertz CT molecular complexity index is 573. The Morgan fingerprint density at radius 1 is 1.14 bits per heavy atom. The van der Waals surface area contributed by atoms with Crippen molar-refractivity contribution in [2.45, 2.75) is 12.5 Å². The summed E-state index contributed by atoms with van der Waals surface area (Å²) >= 11 is 0. The third kappa shape index (κ3) is 5.06. The highest BCUT2D eigenvalue weighted by atomic mass is 35.5. The summed E-state index contributed by atoms with van der Waals surface area (Å²) in [4.78, 5) is 12.2. The number of carbonyl (C=O) groups excluding carboxylic acids is 1. The number of carbonyl (C=O) groups is 1. The van der Waals surface area contributed by atoms with E-state index in [1.165, 1.54) is 7.11 Å². The second-order valence-electron chi connectivity index (χ2n) is 4.81. The molecule has 1 amide bonds. The minimum absolute atomic E-state index is 0. The number of nitrogens with one attached hydrogen (secondary N) is 1. The molecule has 0 fully saturated rings. The van der Waals surface area contributed by atoms with E-state index in [4.69, 9.17) is 10.5 Å². The van der Waals surface area contributed by atoms with Crippen molar-refractivity contribution in [3.63, 3.8) is 0 Å². The molecular weight excluding hydrogens is 300 g/mol. The van der Waals surface area contributed by atoms with Gasteiger partial charge in [-0.05, 0) is 29.7 Å². The number of nitrogen functional groups attached to an aromatic ring is 1. The number of hydrogen-bond acceptors (Lipinski definition) is 3. The maximum atomic E-state index is 12.2. The molecule has 2 aromatic rings. The molecule has 0 bridgehead atoms. The minimum atomic E-state index is -0.572. The van der Waals surface area contributed by atoms with Crippen molar-refractivity contribution < 1.29 is 9.53 Å². The molecule has 118 valence electrons. The Morgan fingerprint density at radius 3 is 2.36 bits per heavy atom. The molecule has 4 nitrogen and oxygen atoms in total. The van der Waals surface area contributed by atoms with E-state index in [9.17, 15) is 4.79 Å². The van der Waals surface area contributed by atoms with Crippen LogP contribution in [0.4, 0.5) is 5.69 Å². The first-order valence-corrected chi connectivity index (χ1v) is 6.90. The molecule has 0 heterocycles. The van der Waals surface area contributed by atoms with Gasteiger partial charge in [0.05, 0.1) is 0 Å². The third-order valence-corrected chi connectivity index (χ3v) is 3.27. The van der Waals surface area contributed by atoms with Gasteiger partial charge >= 0.3 is 0 Å². The summed E-state index contributed by atoms with van der Waals surface area (Å²) in [5.74, 6) is -0.126. The minimum Gasteiger partial charge on any atom is -0.399 e. The summed E-state index contributed by atoms with van der Waals surface area (Å²) in [6.07, 6.45) is 0.190. The van der Waals surface area contributed by atoms with Gasteiger partial charge in [-0.3, -0.25) is 4.79 Å². The number of benzene rings is 2. The molecule has 0 aliphatic carbocycles. The highest BCUT2D eigenvalue weighted by Crippen LogP contribution is 2.16. The van der Waals surface area contributed by atoms with Crippen molar-refractivity contribution in [2.24, 2.45) is 0 Å². The average molecular weight is 321 g/mol. The van der Waals surface area contributed by atoms with Gasteiger partial charge in [-0.2, -0.15) is 0 Å². The van der Waals surface area contributed by atoms with E-state index in [1.54, 1.807) is 0 Å². The Kier molecular flexibility index (Phi) is 7.43. The first kappa shape index (κ1) is 18.0. The van der Waals surface area contributed by atoms with E-state index < -0.39 is 6.10 Å². The number of ether oxygens (including phenoxy) is 1. The Balaban J connectivity index is 0.00000242. The van der Waals surface area contributed by atoms with Crippen LogP contribution in [0, 0.1) is 0 Å². The molecule has 0 radical (unpaired) electrons. The fourth-order valence-electron chi connectivity index (χ4n) is 2.13. The number of anilines is 1. The topological polar surface area (TPSA) is 64.3 Å². The lowest BCUT2D eigenvalue weighted by Gasteiger charge is -2.15. The summed E-state index contributed by atoms with van der Waals surface area (Å²) in [5.41, 5.74) is 8.37. The van der Waals surface area contributed by atoms with Crippen LogP contribution in [0.2, 0.25) is 0 Å². The highest BCUT2D eigenvalue weighted by molar-refractivity contribution is 5.85. The first-order chi connectivity index (χ1) is 10.2. The number of nitrogens with two attached hydrogens (primary N) is 1. The molecule has 2 rings (SSSR count). The highest BCUT2D eigenvalue weighted by Gasteiger charge is 2.18. The Morgan fingerprint density at radius 2 is 1.77 bits per heavy atom. The first-order valence-electron chi connectivity index (χ1n) is 6.90. The fraction of sp³-hybridized carbons (Fsp3) is 0.235. The van der Waals surface area contributed by atoms with Crippen LogP contribution in [0.1, 0.15) is 17.2 Å². The SMILES string of the molecule is COC(C(=O)NCCc1ccc(N)cc1)c1ccccc1.Cl. The zero-order valence-corrected chi connectivity index (χ0v) is 13.3. The van der Waals surface area contributed by atoms with Crippen LogP contribution in [0.5, 0.6) is 0 Å². The second-order valence-corrected chi connectivity index (χ2v) is 4.81. The van der Waals surface area contributed by atoms with E-state index in [2.05, 4.69) is 5.32 Å². The normalized spacial score (nSPS) is 11.3. The van der Waals surface area contributed by atoms with Gasteiger partial charge < -0.3 is 15.8 Å². The van der Waals surface area contributed by atoms with Crippen molar-refractivity contribution in [1.82, 2.24) is 5.32 Å². The van der Waals surface area contributed by atoms with E-state index in [0.717, 1.165) is 23.2 Å². The van der Waals surface area contributed by atoms with E-state index in [-0.39, 0.29) is 18.3 Å². The lowest BCUT2D eigenvalue weighted by Crippen LogP contribution is -2.31. The summed E-state index contributed by atoms with van der Waals surface area (Å²) in [6, 6.07) is 17.1. The molecule has 0 aromatic heterocycles. The van der Waals surface area contributed by atoms with Crippen LogP contribution in [0.3, 0.4) is 0 Å². The Hall–Kier alpha value is -2.04. The number of rotatable bonds is 6. The van der Waals surface area contributed by atoms with Crippen LogP contribution in [-0.2, 0) is 16.0 Å². The van der Waals surface area contributed by atoms with Crippen LogP contribution in [0.15, 0.2) is 54.6 Å². The van der Waals surface area contributed by atoms with Crippen molar-refractivity contribution in [3.8, 4) is 0 Å². The molecule has 0 spiro atoms. The molecule has 5 heteroatoms. The van der Waals surface area contributed by atoms with Gasteiger partial charge in [-0.1, -0.05) is 42.5 Å². The number of methoxy groups -OCH3 is 1. The molecule has 3 N–H and O–H groups in total. The van der Waals surface area contributed by atoms with Gasteiger partial charge in [0.15, 0.2) is 6.10 Å². The number of hydrogen-bond donors (Lipinski definition) is 2. The lowest BCUT2D eigenvalue weighted by molar-refractivity contribution is -0.131. The molecule has 2 aromatic carbocycles. The van der Waals surface area contributed by atoms with Crippen molar-refractivity contribution in [2.75, 3.05) is 19.4 Å². The number of amides is 1. The van der Waals surface area contributed by atoms with Gasteiger partial charge in [-0.15, -0.1) is 12.4 Å². The zero-order chi connectivity index (χ0) is 15.1. The number of halogens is 1. The molecular formula is C17H21ClN2O2. The van der Waals surface area contributed by atoms with E-state index in [0.29, 0.717) is 6.54 Å². The van der Waals surface area contributed by atoms with Gasteiger partial charge in [0.2, 0.25) is 0 Å². The smallest absolute Gasteiger partial charge is 0.253 e. The predicted octanol–water partition coefficient (Wildman–Crippen LogP) is 2.74.